The molecule has 2 aromatic rings. The second-order valence-corrected chi connectivity index (χ2v) is 6.41. The minimum atomic E-state index is 0.126. The van der Waals surface area contributed by atoms with Crippen LogP contribution in [0.1, 0.15) is 25.5 Å². The molecule has 0 spiro atoms. The highest BCUT2D eigenvalue weighted by Gasteiger charge is 2.31. The van der Waals surface area contributed by atoms with E-state index >= 15 is 0 Å². The molecule has 1 aliphatic rings. The molecule has 0 amide bonds. The largest absolute Gasteiger partial charge is 0.366 e. The van der Waals surface area contributed by atoms with Gasteiger partial charge in [-0.15, -0.1) is 11.3 Å². The molecule has 1 fully saturated rings. The van der Waals surface area contributed by atoms with E-state index in [2.05, 4.69) is 48.0 Å². The topological polar surface area (TPSA) is 25.4 Å². The molecule has 0 saturated carbocycles. The van der Waals surface area contributed by atoms with Crippen LogP contribution in [0.25, 0.3) is 0 Å². The Morgan fingerprint density at radius 1 is 1.25 bits per heavy atom. The van der Waals surface area contributed by atoms with Crippen molar-refractivity contribution in [3.8, 4) is 0 Å². The van der Waals surface area contributed by atoms with Crippen molar-refractivity contribution < 1.29 is 4.74 Å². The van der Waals surface area contributed by atoms with Crippen molar-refractivity contribution in [2.45, 2.75) is 26.1 Å². The molecule has 3 nitrogen and oxygen atoms in total. The van der Waals surface area contributed by atoms with Crippen LogP contribution in [0.5, 0.6) is 0 Å². The lowest BCUT2D eigenvalue weighted by Gasteiger charge is -2.40. The van der Waals surface area contributed by atoms with Gasteiger partial charge in [0.1, 0.15) is 6.10 Å². The molecule has 20 heavy (non-hydrogen) atoms. The molecule has 0 unspecified atom stereocenters. The molecule has 1 saturated heterocycles. The van der Waals surface area contributed by atoms with Gasteiger partial charge in [0.2, 0.25) is 0 Å². The van der Waals surface area contributed by atoms with Crippen molar-refractivity contribution in [2.24, 2.45) is 5.92 Å². The monoisotopic (exact) mass is 288 g/mol. The Hall–Kier alpha value is -1.39. The van der Waals surface area contributed by atoms with E-state index in [1.807, 2.05) is 17.6 Å². The molecule has 0 radical (unpaired) electrons. The third-order valence-corrected chi connectivity index (χ3v) is 4.56. The van der Waals surface area contributed by atoms with Crippen LogP contribution in [-0.2, 0) is 4.74 Å². The van der Waals surface area contributed by atoms with Crippen LogP contribution in [0, 0.1) is 5.92 Å². The highest BCUT2D eigenvalue weighted by molar-refractivity contribution is 7.13. The molecule has 3 rings (SSSR count). The Bertz CT molecular complexity index is 527. The van der Waals surface area contributed by atoms with Crippen molar-refractivity contribution >= 4 is 16.5 Å². The fraction of sp³-hybridized carbons (Fsp3) is 0.438. The van der Waals surface area contributed by atoms with Gasteiger partial charge >= 0.3 is 0 Å². The number of hydrogen-bond donors (Lipinski definition) is 0. The molecule has 1 aliphatic heterocycles. The first-order valence-corrected chi connectivity index (χ1v) is 7.97. The summed E-state index contributed by atoms with van der Waals surface area (Å²) in [4.78, 5) is 6.81. The summed E-state index contributed by atoms with van der Waals surface area (Å²) >= 11 is 1.70. The first kappa shape index (κ1) is 13.6. The number of anilines is 1. The minimum absolute atomic E-state index is 0.126. The van der Waals surface area contributed by atoms with Crippen LogP contribution in [0.3, 0.4) is 0 Å². The maximum absolute atomic E-state index is 6.30. The van der Waals surface area contributed by atoms with Gasteiger partial charge in [0.25, 0.3) is 0 Å². The molecule has 0 N–H and O–H groups in total. The van der Waals surface area contributed by atoms with Crippen LogP contribution in [0.4, 0.5) is 5.13 Å². The van der Waals surface area contributed by atoms with Gasteiger partial charge in [0.15, 0.2) is 5.13 Å². The summed E-state index contributed by atoms with van der Waals surface area (Å²) < 4.78 is 6.30. The lowest BCUT2D eigenvalue weighted by atomic mass is 10.0. The van der Waals surface area contributed by atoms with E-state index in [1.54, 1.807) is 11.3 Å². The lowest BCUT2D eigenvalue weighted by Crippen LogP contribution is -2.46. The van der Waals surface area contributed by atoms with Crippen molar-refractivity contribution in [3.05, 3.63) is 47.5 Å². The first-order chi connectivity index (χ1) is 9.74. The van der Waals surface area contributed by atoms with Crippen LogP contribution in [0.15, 0.2) is 41.9 Å². The van der Waals surface area contributed by atoms with E-state index in [-0.39, 0.29) is 12.2 Å². The van der Waals surface area contributed by atoms with Crippen molar-refractivity contribution in [1.29, 1.82) is 0 Å². The first-order valence-electron chi connectivity index (χ1n) is 7.09. The number of ether oxygens (including phenoxy) is 1. The van der Waals surface area contributed by atoms with E-state index in [9.17, 15) is 0 Å². The third kappa shape index (κ3) is 2.86. The van der Waals surface area contributed by atoms with Crippen molar-refractivity contribution in [3.63, 3.8) is 0 Å². The fourth-order valence-electron chi connectivity index (χ4n) is 2.54. The standard InChI is InChI=1S/C16H20N2OS/c1-12(2)14-10-18(16-17-8-9-20-16)11-15(19-14)13-6-4-3-5-7-13/h3-9,12,14-15H,10-11H2,1-2H3/t14-,15+/m1/s1. The summed E-state index contributed by atoms with van der Waals surface area (Å²) in [7, 11) is 0. The Kier molecular flexibility index (Phi) is 4.03. The number of nitrogens with zero attached hydrogens (tertiary/aromatic N) is 2. The number of morpholine rings is 1. The average molecular weight is 288 g/mol. The summed E-state index contributed by atoms with van der Waals surface area (Å²) in [6, 6.07) is 10.5. The zero-order valence-corrected chi connectivity index (χ0v) is 12.7. The molecule has 4 heteroatoms. The van der Waals surface area contributed by atoms with E-state index < -0.39 is 0 Å². The van der Waals surface area contributed by atoms with Crippen molar-refractivity contribution in [1.82, 2.24) is 4.98 Å². The van der Waals surface area contributed by atoms with E-state index in [1.165, 1.54) is 5.56 Å². The predicted molar refractivity (Wildman–Crippen MR) is 83.2 cm³/mol. The summed E-state index contributed by atoms with van der Waals surface area (Å²) in [5.74, 6) is 0.504. The second kappa shape index (κ2) is 5.94. The molecular weight excluding hydrogens is 268 g/mol. The molecule has 1 aromatic carbocycles. The average Bonchev–Trinajstić information content (AvgIpc) is 3.02. The molecule has 2 atom stereocenters. The van der Waals surface area contributed by atoms with Gasteiger partial charge in [0, 0.05) is 18.1 Å². The highest BCUT2D eigenvalue weighted by Crippen LogP contribution is 2.31. The molecule has 0 aliphatic carbocycles. The SMILES string of the molecule is CC(C)[C@H]1CN(c2nccs2)C[C@@H](c2ccccc2)O1. The van der Waals surface area contributed by atoms with Gasteiger partial charge in [-0.2, -0.15) is 0 Å². The maximum atomic E-state index is 6.30. The highest BCUT2D eigenvalue weighted by atomic mass is 32.1. The van der Waals surface area contributed by atoms with E-state index in [0.717, 1.165) is 18.2 Å². The smallest absolute Gasteiger partial charge is 0.185 e. The molecule has 106 valence electrons. The van der Waals surface area contributed by atoms with Crippen LogP contribution in [-0.4, -0.2) is 24.2 Å². The summed E-state index contributed by atoms with van der Waals surface area (Å²) in [5.41, 5.74) is 1.25. The molecular formula is C16H20N2OS. The maximum Gasteiger partial charge on any atom is 0.185 e. The Morgan fingerprint density at radius 3 is 2.70 bits per heavy atom. The van der Waals surface area contributed by atoms with Crippen LogP contribution >= 0.6 is 11.3 Å². The number of thiazole rings is 1. The predicted octanol–water partition coefficient (Wildman–Crippen LogP) is 3.75. The van der Waals surface area contributed by atoms with Crippen LogP contribution in [0.2, 0.25) is 0 Å². The summed E-state index contributed by atoms with van der Waals surface area (Å²) in [6.07, 6.45) is 2.25. The number of rotatable bonds is 3. The third-order valence-electron chi connectivity index (χ3n) is 3.73. The number of hydrogen-bond acceptors (Lipinski definition) is 4. The van der Waals surface area contributed by atoms with Crippen LogP contribution < -0.4 is 4.90 Å². The van der Waals surface area contributed by atoms with Gasteiger partial charge in [-0.3, -0.25) is 0 Å². The summed E-state index contributed by atoms with van der Waals surface area (Å²) in [6.45, 7) is 6.24. The Balaban J connectivity index is 1.84. The van der Waals surface area contributed by atoms with Gasteiger partial charge in [0.05, 0.1) is 12.6 Å². The van der Waals surface area contributed by atoms with Gasteiger partial charge < -0.3 is 9.64 Å². The number of aromatic nitrogens is 1. The Morgan fingerprint density at radius 2 is 2.05 bits per heavy atom. The lowest BCUT2D eigenvalue weighted by molar-refractivity contribution is -0.0498. The van der Waals surface area contributed by atoms with Gasteiger partial charge in [-0.05, 0) is 11.5 Å². The zero-order chi connectivity index (χ0) is 13.9. The fourth-order valence-corrected chi connectivity index (χ4v) is 3.20. The van der Waals surface area contributed by atoms with E-state index in [0.29, 0.717) is 5.92 Å². The Labute approximate surface area is 124 Å². The normalized spacial score (nSPS) is 23.2. The minimum Gasteiger partial charge on any atom is -0.366 e. The molecule has 2 heterocycles. The molecule has 0 bridgehead atoms. The van der Waals surface area contributed by atoms with Crippen molar-refractivity contribution in [2.75, 3.05) is 18.0 Å². The van der Waals surface area contributed by atoms with Gasteiger partial charge in [-0.25, -0.2) is 4.98 Å². The second-order valence-electron chi connectivity index (χ2n) is 5.54. The summed E-state index contributed by atoms with van der Waals surface area (Å²) in [5, 5.41) is 3.13. The zero-order valence-electron chi connectivity index (χ0n) is 11.9. The quantitative estimate of drug-likeness (QED) is 0.860. The van der Waals surface area contributed by atoms with Gasteiger partial charge in [-0.1, -0.05) is 44.2 Å². The van der Waals surface area contributed by atoms with E-state index in [4.69, 9.17) is 4.74 Å². The molecule has 1 aromatic heterocycles. The number of benzene rings is 1.